The van der Waals surface area contributed by atoms with Crippen molar-refractivity contribution in [2.75, 3.05) is 31.1 Å². The number of H-pyrrole nitrogens is 1. The smallest absolute Gasteiger partial charge is 0.219 e. The third-order valence-electron chi connectivity index (χ3n) is 3.23. The molecule has 1 aliphatic rings. The Labute approximate surface area is 104 Å². The van der Waals surface area contributed by atoms with Crippen molar-refractivity contribution in [3.05, 3.63) is 12.7 Å². The van der Waals surface area contributed by atoms with Gasteiger partial charge in [-0.2, -0.15) is 0 Å². The molecule has 0 aliphatic carbocycles. The van der Waals surface area contributed by atoms with Crippen LogP contribution in [-0.2, 0) is 4.79 Å². The molecule has 7 nitrogen and oxygen atoms in total. The number of aromatic nitrogens is 4. The Morgan fingerprint density at radius 2 is 2.00 bits per heavy atom. The number of carbonyl (C=O) groups excluding carboxylic acids is 1. The van der Waals surface area contributed by atoms with Crippen LogP contribution in [0.5, 0.6) is 0 Å². The van der Waals surface area contributed by atoms with Crippen molar-refractivity contribution in [1.82, 2.24) is 24.8 Å². The van der Waals surface area contributed by atoms with Crippen LogP contribution in [0, 0.1) is 0 Å². The Kier molecular flexibility index (Phi) is 2.58. The predicted octanol–water partition coefficient (Wildman–Crippen LogP) is 0.0214. The molecule has 0 saturated carbocycles. The standard InChI is InChI=1S/C11H14N6O/c1-8(18)16-2-4-17(5-3-16)11-9-10(13-6-12-9)14-7-15-11/h6-7H,2-5H2,1H3,(H,12,13,14,15). The molecular formula is C11H14N6O. The summed E-state index contributed by atoms with van der Waals surface area (Å²) < 4.78 is 0. The Morgan fingerprint density at radius 3 is 2.72 bits per heavy atom. The molecule has 1 saturated heterocycles. The van der Waals surface area contributed by atoms with Gasteiger partial charge in [-0.25, -0.2) is 15.0 Å². The molecule has 3 rings (SSSR count). The summed E-state index contributed by atoms with van der Waals surface area (Å²) in [4.78, 5) is 30.9. The molecule has 0 atom stereocenters. The number of amides is 1. The van der Waals surface area contributed by atoms with Crippen molar-refractivity contribution in [1.29, 1.82) is 0 Å². The first-order valence-corrected chi connectivity index (χ1v) is 5.90. The molecule has 0 radical (unpaired) electrons. The largest absolute Gasteiger partial charge is 0.351 e. The fraction of sp³-hybridized carbons (Fsp3) is 0.455. The fourth-order valence-electron chi connectivity index (χ4n) is 2.23. The molecule has 1 N–H and O–H groups in total. The summed E-state index contributed by atoms with van der Waals surface area (Å²) in [5.41, 5.74) is 1.53. The van der Waals surface area contributed by atoms with Crippen molar-refractivity contribution in [3.8, 4) is 0 Å². The molecule has 1 fully saturated rings. The molecular weight excluding hydrogens is 232 g/mol. The zero-order valence-corrected chi connectivity index (χ0v) is 10.1. The molecule has 18 heavy (non-hydrogen) atoms. The van der Waals surface area contributed by atoms with Gasteiger partial charge in [0.25, 0.3) is 0 Å². The van der Waals surface area contributed by atoms with E-state index in [1.807, 2.05) is 4.90 Å². The zero-order chi connectivity index (χ0) is 12.5. The zero-order valence-electron chi connectivity index (χ0n) is 10.1. The van der Waals surface area contributed by atoms with Crippen molar-refractivity contribution in [3.63, 3.8) is 0 Å². The van der Waals surface area contributed by atoms with Crippen LogP contribution in [0.2, 0.25) is 0 Å². The Bertz CT molecular complexity index is 572. The summed E-state index contributed by atoms with van der Waals surface area (Å²) in [6.07, 6.45) is 3.14. The maximum atomic E-state index is 11.3. The number of nitrogens with one attached hydrogen (secondary N) is 1. The molecule has 1 amide bonds. The van der Waals surface area contributed by atoms with E-state index in [4.69, 9.17) is 0 Å². The van der Waals surface area contributed by atoms with E-state index in [1.54, 1.807) is 13.3 Å². The molecule has 0 unspecified atom stereocenters. The summed E-state index contributed by atoms with van der Waals surface area (Å²) in [6, 6.07) is 0. The SMILES string of the molecule is CC(=O)N1CCN(c2ncnc3nc[nH]c23)CC1. The molecule has 0 spiro atoms. The second-order valence-electron chi connectivity index (χ2n) is 4.29. The van der Waals surface area contributed by atoms with Crippen LogP contribution in [0.4, 0.5) is 5.82 Å². The monoisotopic (exact) mass is 246 g/mol. The quantitative estimate of drug-likeness (QED) is 0.767. The fourth-order valence-corrected chi connectivity index (χ4v) is 2.23. The second kappa shape index (κ2) is 4.25. The van der Waals surface area contributed by atoms with E-state index in [0.29, 0.717) is 5.65 Å². The van der Waals surface area contributed by atoms with E-state index in [9.17, 15) is 4.79 Å². The van der Waals surface area contributed by atoms with E-state index in [1.165, 1.54) is 6.33 Å². The minimum atomic E-state index is 0.129. The van der Waals surface area contributed by atoms with E-state index in [-0.39, 0.29) is 5.91 Å². The first-order valence-electron chi connectivity index (χ1n) is 5.90. The van der Waals surface area contributed by atoms with Gasteiger partial charge in [0.15, 0.2) is 11.5 Å². The topological polar surface area (TPSA) is 78.0 Å². The first kappa shape index (κ1) is 10.9. The minimum absolute atomic E-state index is 0.129. The van der Waals surface area contributed by atoms with Gasteiger partial charge in [0, 0.05) is 33.1 Å². The summed E-state index contributed by atoms with van der Waals surface area (Å²) in [5, 5.41) is 0. The highest BCUT2D eigenvalue weighted by Crippen LogP contribution is 2.20. The van der Waals surface area contributed by atoms with E-state index in [0.717, 1.165) is 37.5 Å². The van der Waals surface area contributed by atoms with Crippen LogP contribution in [0.25, 0.3) is 11.2 Å². The van der Waals surface area contributed by atoms with Crippen LogP contribution in [0.1, 0.15) is 6.92 Å². The minimum Gasteiger partial charge on any atom is -0.351 e. The van der Waals surface area contributed by atoms with E-state index in [2.05, 4.69) is 24.8 Å². The average Bonchev–Trinajstić information content (AvgIpc) is 2.87. The lowest BCUT2D eigenvalue weighted by Gasteiger charge is -2.34. The Morgan fingerprint density at radius 1 is 1.22 bits per heavy atom. The van der Waals surface area contributed by atoms with Crippen LogP contribution in [-0.4, -0.2) is 56.9 Å². The third kappa shape index (κ3) is 1.77. The number of anilines is 1. The van der Waals surface area contributed by atoms with Crippen molar-refractivity contribution in [2.24, 2.45) is 0 Å². The molecule has 94 valence electrons. The number of piperazine rings is 1. The Hall–Kier alpha value is -2.18. The maximum Gasteiger partial charge on any atom is 0.219 e. The molecule has 0 aromatic carbocycles. The van der Waals surface area contributed by atoms with Gasteiger partial charge >= 0.3 is 0 Å². The molecule has 1 aliphatic heterocycles. The normalized spacial score (nSPS) is 16.3. The van der Waals surface area contributed by atoms with Crippen molar-refractivity contribution >= 4 is 22.9 Å². The van der Waals surface area contributed by atoms with Gasteiger partial charge < -0.3 is 14.8 Å². The van der Waals surface area contributed by atoms with Crippen LogP contribution < -0.4 is 4.90 Å². The first-order chi connectivity index (χ1) is 8.75. The van der Waals surface area contributed by atoms with Crippen LogP contribution in [0.3, 0.4) is 0 Å². The summed E-state index contributed by atoms with van der Waals surface area (Å²) in [5.74, 6) is 0.990. The number of rotatable bonds is 1. The van der Waals surface area contributed by atoms with Crippen LogP contribution >= 0.6 is 0 Å². The molecule has 0 bridgehead atoms. The van der Waals surface area contributed by atoms with Crippen molar-refractivity contribution in [2.45, 2.75) is 6.92 Å². The number of fused-ring (bicyclic) bond motifs is 1. The van der Waals surface area contributed by atoms with E-state index >= 15 is 0 Å². The summed E-state index contributed by atoms with van der Waals surface area (Å²) >= 11 is 0. The third-order valence-corrected chi connectivity index (χ3v) is 3.23. The van der Waals surface area contributed by atoms with Gasteiger partial charge in [-0.15, -0.1) is 0 Å². The van der Waals surface area contributed by atoms with Gasteiger partial charge in [0.05, 0.1) is 6.33 Å². The number of aromatic amines is 1. The lowest BCUT2D eigenvalue weighted by molar-refractivity contribution is -0.129. The van der Waals surface area contributed by atoms with Crippen LogP contribution in [0.15, 0.2) is 12.7 Å². The Balaban J connectivity index is 1.84. The molecule has 2 aromatic heterocycles. The number of imidazole rings is 1. The molecule has 3 heterocycles. The van der Waals surface area contributed by atoms with Gasteiger partial charge in [0.1, 0.15) is 11.8 Å². The van der Waals surface area contributed by atoms with Gasteiger partial charge in [0.2, 0.25) is 5.91 Å². The highest BCUT2D eigenvalue weighted by molar-refractivity contribution is 5.83. The lowest BCUT2D eigenvalue weighted by Crippen LogP contribution is -2.48. The number of carbonyl (C=O) groups is 1. The summed E-state index contributed by atoms with van der Waals surface area (Å²) in [7, 11) is 0. The number of hydrogen-bond acceptors (Lipinski definition) is 5. The van der Waals surface area contributed by atoms with Gasteiger partial charge in [-0.3, -0.25) is 4.79 Å². The second-order valence-corrected chi connectivity index (χ2v) is 4.29. The predicted molar refractivity (Wildman–Crippen MR) is 66.2 cm³/mol. The van der Waals surface area contributed by atoms with Crippen molar-refractivity contribution < 1.29 is 4.79 Å². The average molecular weight is 246 g/mol. The highest BCUT2D eigenvalue weighted by Gasteiger charge is 2.21. The summed E-state index contributed by atoms with van der Waals surface area (Å²) in [6.45, 7) is 4.63. The molecule has 7 heteroatoms. The number of hydrogen-bond donors (Lipinski definition) is 1. The van der Waals surface area contributed by atoms with E-state index < -0.39 is 0 Å². The number of nitrogens with zero attached hydrogens (tertiary/aromatic N) is 5. The van der Waals surface area contributed by atoms with Gasteiger partial charge in [-0.1, -0.05) is 0 Å². The molecule has 2 aromatic rings. The maximum absolute atomic E-state index is 11.3. The lowest BCUT2D eigenvalue weighted by atomic mass is 10.3. The van der Waals surface area contributed by atoms with Gasteiger partial charge in [-0.05, 0) is 0 Å². The highest BCUT2D eigenvalue weighted by atomic mass is 16.2.